The van der Waals surface area contributed by atoms with Crippen LogP contribution >= 0.6 is 11.6 Å². The van der Waals surface area contributed by atoms with E-state index in [1.807, 2.05) is 20.8 Å². The van der Waals surface area contributed by atoms with Crippen LogP contribution in [0.25, 0.3) is 0 Å². The summed E-state index contributed by atoms with van der Waals surface area (Å²) in [5.41, 5.74) is -0.467. The molecule has 0 atom stereocenters. The molecule has 28 heavy (non-hydrogen) atoms. The molecule has 0 aliphatic carbocycles. The van der Waals surface area contributed by atoms with Gasteiger partial charge >= 0.3 is 11.9 Å². The van der Waals surface area contributed by atoms with Gasteiger partial charge in [-0.05, 0) is 39.7 Å². The molecule has 1 aromatic rings. The molecule has 0 bridgehead atoms. The Morgan fingerprint density at radius 2 is 1.86 bits per heavy atom. The normalized spacial score (nSPS) is 15.9. The Morgan fingerprint density at radius 3 is 2.39 bits per heavy atom. The number of aromatic carboxylic acids is 1. The Morgan fingerprint density at radius 1 is 1.21 bits per heavy atom. The average Bonchev–Trinajstić information content (AvgIpc) is 2.61. The first-order valence-electron chi connectivity index (χ1n) is 9.30. The van der Waals surface area contributed by atoms with Crippen molar-refractivity contribution >= 4 is 23.5 Å². The first-order chi connectivity index (χ1) is 13.1. The van der Waals surface area contributed by atoms with E-state index in [0.717, 1.165) is 25.9 Å². The van der Waals surface area contributed by atoms with Crippen LogP contribution in [-0.2, 0) is 9.53 Å². The monoisotopic (exact) mass is 413 g/mol. The van der Waals surface area contributed by atoms with Crippen molar-refractivity contribution in [2.24, 2.45) is 0 Å². The van der Waals surface area contributed by atoms with E-state index in [0.29, 0.717) is 18.7 Å². The Kier molecular flexibility index (Phi) is 7.55. The van der Waals surface area contributed by atoms with Gasteiger partial charge in [0, 0.05) is 25.7 Å². The fourth-order valence-electron chi connectivity index (χ4n) is 3.03. The van der Waals surface area contributed by atoms with Gasteiger partial charge in [-0.3, -0.25) is 4.79 Å². The maximum absolute atomic E-state index is 11.8. The van der Waals surface area contributed by atoms with Crippen molar-refractivity contribution < 1.29 is 28.9 Å². The lowest BCUT2D eigenvalue weighted by molar-refractivity contribution is -0.155. The first kappa shape index (κ1) is 22.3. The van der Waals surface area contributed by atoms with Gasteiger partial charge in [0.2, 0.25) is 0 Å². The molecule has 0 amide bonds. The summed E-state index contributed by atoms with van der Waals surface area (Å²) in [7, 11) is 1.41. The van der Waals surface area contributed by atoms with Crippen molar-refractivity contribution in [2.75, 3.05) is 26.7 Å². The standard InChI is InChI=1S/C20H28ClNO6/c1-20(2,3)28-18(23)7-10-22-8-5-13(6-9-22)27-17-12-16(26-4)14(19(24)25)11-15(17)21/h11-13H,5-10H2,1-4H3,(H,24,25). The van der Waals surface area contributed by atoms with E-state index < -0.39 is 11.6 Å². The zero-order valence-corrected chi connectivity index (χ0v) is 17.5. The Labute approximate surface area is 170 Å². The molecule has 1 N–H and O–H groups in total. The molecule has 7 nitrogen and oxygen atoms in total. The first-order valence-corrected chi connectivity index (χ1v) is 9.68. The lowest BCUT2D eigenvalue weighted by Crippen LogP contribution is -2.39. The minimum Gasteiger partial charge on any atom is -0.496 e. The second-order valence-electron chi connectivity index (χ2n) is 7.78. The molecule has 1 aromatic carbocycles. The molecule has 1 aliphatic rings. The van der Waals surface area contributed by atoms with Gasteiger partial charge in [0.15, 0.2) is 0 Å². The maximum atomic E-state index is 11.8. The minimum absolute atomic E-state index is 0.00295. The third kappa shape index (κ3) is 6.56. The van der Waals surface area contributed by atoms with Crippen LogP contribution in [0.1, 0.15) is 50.4 Å². The molecule has 0 saturated carbocycles. The zero-order chi connectivity index (χ0) is 20.9. The summed E-state index contributed by atoms with van der Waals surface area (Å²) in [6.07, 6.45) is 1.90. The van der Waals surface area contributed by atoms with Crippen LogP contribution < -0.4 is 9.47 Å². The second kappa shape index (κ2) is 9.47. The highest BCUT2D eigenvalue weighted by Crippen LogP contribution is 2.34. The van der Waals surface area contributed by atoms with Crippen LogP contribution in [0.4, 0.5) is 0 Å². The third-order valence-corrected chi connectivity index (χ3v) is 4.66. The number of carboxylic acids is 1. The number of benzene rings is 1. The number of nitrogens with zero attached hydrogens (tertiary/aromatic N) is 1. The highest BCUT2D eigenvalue weighted by Gasteiger charge is 2.24. The van der Waals surface area contributed by atoms with E-state index in [9.17, 15) is 14.7 Å². The quantitative estimate of drug-likeness (QED) is 0.683. The van der Waals surface area contributed by atoms with Gasteiger partial charge in [-0.15, -0.1) is 0 Å². The van der Waals surface area contributed by atoms with Crippen LogP contribution in [0.2, 0.25) is 5.02 Å². The van der Waals surface area contributed by atoms with Crippen molar-refractivity contribution in [3.05, 3.63) is 22.7 Å². The smallest absolute Gasteiger partial charge is 0.339 e. The van der Waals surface area contributed by atoms with Crippen molar-refractivity contribution in [3.63, 3.8) is 0 Å². The van der Waals surface area contributed by atoms with Crippen molar-refractivity contribution in [1.82, 2.24) is 4.90 Å². The molecular weight excluding hydrogens is 386 g/mol. The minimum atomic E-state index is -1.11. The number of likely N-dealkylation sites (tertiary alicyclic amines) is 1. The Bertz CT molecular complexity index is 707. The van der Waals surface area contributed by atoms with Gasteiger partial charge in [-0.1, -0.05) is 11.6 Å². The average molecular weight is 414 g/mol. The Hall–Kier alpha value is -1.99. The summed E-state index contributed by atoms with van der Waals surface area (Å²) < 4.78 is 16.4. The third-order valence-electron chi connectivity index (χ3n) is 4.36. The maximum Gasteiger partial charge on any atom is 0.339 e. The number of carbonyl (C=O) groups excluding carboxylic acids is 1. The SMILES string of the molecule is COc1cc(OC2CCN(CCC(=O)OC(C)(C)C)CC2)c(Cl)cc1C(=O)O. The topological polar surface area (TPSA) is 85.3 Å². The molecule has 156 valence electrons. The molecule has 2 rings (SSSR count). The summed E-state index contributed by atoms with van der Waals surface area (Å²) in [6, 6.07) is 2.86. The summed E-state index contributed by atoms with van der Waals surface area (Å²) in [4.78, 5) is 25.3. The summed E-state index contributed by atoms with van der Waals surface area (Å²) in [5.74, 6) is -0.677. The summed E-state index contributed by atoms with van der Waals surface area (Å²) in [5, 5.41) is 9.44. The Balaban J connectivity index is 1.86. The van der Waals surface area contributed by atoms with Crippen molar-refractivity contribution in [1.29, 1.82) is 0 Å². The highest BCUT2D eigenvalue weighted by molar-refractivity contribution is 6.32. The fraction of sp³-hybridized carbons (Fsp3) is 0.600. The lowest BCUT2D eigenvalue weighted by Gasteiger charge is -2.32. The number of piperidine rings is 1. The predicted octanol–water partition coefficient (Wildman–Crippen LogP) is 3.62. The van der Waals surface area contributed by atoms with E-state index in [1.54, 1.807) is 0 Å². The molecule has 0 unspecified atom stereocenters. The number of ether oxygens (including phenoxy) is 3. The number of rotatable bonds is 7. The van der Waals surface area contributed by atoms with Crippen LogP contribution in [0, 0.1) is 0 Å². The van der Waals surface area contributed by atoms with Gasteiger partial charge in [0.1, 0.15) is 28.8 Å². The van der Waals surface area contributed by atoms with E-state index in [2.05, 4.69) is 4.90 Å². The molecular formula is C20H28ClNO6. The van der Waals surface area contributed by atoms with E-state index in [-0.39, 0.29) is 28.4 Å². The van der Waals surface area contributed by atoms with Gasteiger partial charge in [0.25, 0.3) is 0 Å². The number of esters is 1. The number of hydrogen-bond acceptors (Lipinski definition) is 6. The number of hydrogen-bond donors (Lipinski definition) is 1. The van der Waals surface area contributed by atoms with Crippen LogP contribution in [0.3, 0.4) is 0 Å². The van der Waals surface area contributed by atoms with Gasteiger partial charge in [-0.25, -0.2) is 4.79 Å². The van der Waals surface area contributed by atoms with Gasteiger partial charge in [0.05, 0.1) is 18.6 Å². The fourth-order valence-corrected chi connectivity index (χ4v) is 3.24. The molecule has 1 saturated heterocycles. The molecule has 8 heteroatoms. The van der Waals surface area contributed by atoms with Crippen LogP contribution in [0.5, 0.6) is 11.5 Å². The molecule has 1 heterocycles. The molecule has 0 spiro atoms. The lowest BCUT2D eigenvalue weighted by atomic mass is 10.1. The largest absolute Gasteiger partial charge is 0.496 e. The zero-order valence-electron chi connectivity index (χ0n) is 16.8. The van der Waals surface area contributed by atoms with E-state index in [1.165, 1.54) is 19.2 Å². The number of halogens is 1. The van der Waals surface area contributed by atoms with Gasteiger partial charge < -0.3 is 24.2 Å². The molecule has 1 aliphatic heterocycles. The second-order valence-corrected chi connectivity index (χ2v) is 8.19. The summed E-state index contributed by atoms with van der Waals surface area (Å²) in [6.45, 7) is 7.83. The van der Waals surface area contributed by atoms with E-state index >= 15 is 0 Å². The molecule has 0 radical (unpaired) electrons. The summed E-state index contributed by atoms with van der Waals surface area (Å²) >= 11 is 6.18. The predicted molar refractivity (Wildman–Crippen MR) is 106 cm³/mol. The van der Waals surface area contributed by atoms with Crippen molar-refractivity contribution in [3.8, 4) is 11.5 Å². The number of methoxy groups -OCH3 is 1. The number of carboxylic acid groups (broad SMARTS) is 1. The van der Waals surface area contributed by atoms with Crippen molar-refractivity contribution in [2.45, 2.75) is 51.7 Å². The van der Waals surface area contributed by atoms with Gasteiger partial charge in [-0.2, -0.15) is 0 Å². The molecule has 0 aromatic heterocycles. The van der Waals surface area contributed by atoms with Crippen LogP contribution in [0.15, 0.2) is 12.1 Å². The number of carbonyl (C=O) groups is 2. The van der Waals surface area contributed by atoms with Crippen LogP contribution in [-0.4, -0.2) is 60.4 Å². The molecule has 1 fully saturated rings. The van der Waals surface area contributed by atoms with E-state index in [4.69, 9.17) is 25.8 Å². The highest BCUT2D eigenvalue weighted by atomic mass is 35.5.